The Labute approximate surface area is 243 Å². The Morgan fingerprint density at radius 2 is 1.32 bits per heavy atom. The van der Waals surface area contributed by atoms with Crippen molar-refractivity contribution in [3.63, 3.8) is 0 Å². The van der Waals surface area contributed by atoms with Gasteiger partial charge in [-0.2, -0.15) is 5.26 Å². The summed E-state index contributed by atoms with van der Waals surface area (Å²) < 4.78 is 4.98. The number of carboxylic acid groups (broad SMARTS) is 1. The van der Waals surface area contributed by atoms with E-state index in [4.69, 9.17) is 10.00 Å². The molecule has 9 heteroatoms. The number of carboxylic acids is 1. The molecule has 2 aliphatic carbocycles. The van der Waals surface area contributed by atoms with Crippen LogP contribution in [0.5, 0.6) is 0 Å². The minimum Gasteiger partial charge on any atom is -0.480 e. The summed E-state index contributed by atoms with van der Waals surface area (Å²) in [4.78, 5) is 34.8. The number of ether oxygens (including phenoxy) is 1. The smallest absolute Gasteiger partial charge is 0.407 e. The molecule has 1 atom stereocenters. The van der Waals surface area contributed by atoms with E-state index in [1.165, 1.54) is 44.7 Å². The molecule has 2 fully saturated rings. The lowest BCUT2D eigenvalue weighted by Gasteiger charge is -2.32. The van der Waals surface area contributed by atoms with Crippen LogP contribution in [0.1, 0.15) is 75.3 Å². The molecule has 0 unspecified atom stereocenters. The molecular weight excluding hydrogens is 520 g/mol. The minimum absolute atomic E-state index is 0.0834. The van der Waals surface area contributed by atoms with Crippen molar-refractivity contribution in [1.29, 1.82) is 5.26 Å². The number of amides is 2. The highest BCUT2D eigenvalue weighted by Crippen LogP contribution is 2.37. The molecule has 5 N–H and O–H groups in total. The van der Waals surface area contributed by atoms with E-state index < -0.39 is 24.0 Å². The first-order valence-corrected chi connectivity index (χ1v) is 14.5. The molecule has 2 saturated carbocycles. The van der Waals surface area contributed by atoms with Gasteiger partial charge in [-0.1, -0.05) is 125 Å². The van der Waals surface area contributed by atoms with Gasteiger partial charge in [0.15, 0.2) is 6.19 Å². The van der Waals surface area contributed by atoms with Crippen LogP contribution in [0.25, 0.3) is 0 Å². The molecule has 0 radical (unpaired) electrons. The molecule has 41 heavy (non-hydrogen) atoms. The van der Waals surface area contributed by atoms with Gasteiger partial charge < -0.3 is 26.2 Å². The number of hydrogen-bond acceptors (Lipinski definition) is 6. The minimum atomic E-state index is -1.14. The fourth-order valence-electron chi connectivity index (χ4n) is 5.43. The van der Waals surface area contributed by atoms with Crippen molar-refractivity contribution >= 4 is 18.0 Å². The van der Waals surface area contributed by atoms with Gasteiger partial charge in [-0.25, -0.2) is 9.59 Å². The van der Waals surface area contributed by atoms with Gasteiger partial charge in [0.1, 0.15) is 19.2 Å². The number of nitrogens with zero attached hydrogens (tertiary/aromatic N) is 1. The van der Waals surface area contributed by atoms with E-state index in [9.17, 15) is 19.5 Å². The van der Waals surface area contributed by atoms with E-state index >= 15 is 0 Å². The Morgan fingerprint density at radius 1 is 0.854 bits per heavy atom. The second-order valence-electron chi connectivity index (χ2n) is 10.5. The van der Waals surface area contributed by atoms with E-state index in [2.05, 4.69) is 16.4 Å². The summed E-state index contributed by atoms with van der Waals surface area (Å²) in [5.41, 5.74) is 5.76. The predicted molar refractivity (Wildman–Crippen MR) is 157 cm³/mol. The van der Waals surface area contributed by atoms with Crippen molar-refractivity contribution in [2.24, 2.45) is 17.6 Å². The molecule has 222 valence electrons. The lowest BCUT2D eigenvalue weighted by Crippen LogP contribution is -2.46. The second kappa shape index (κ2) is 19.9. The van der Waals surface area contributed by atoms with Gasteiger partial charge in [-0.05, 0) is 23.0 Å². The van der Waals surface area contributed by atoms with Crippen molar-refractivity contribution in [2.75, 3.05) is 6.54 Å². The summed E-state index contributed by atoms with van der Waals surface area (Å²) in [6.45, 7) is -0.285. The van der Waals surface area contributed by atoms with Gasteiger partial charge in [-0.3, -0.25) is 4.79 Å². The fraction of sp³-hybridized carbons (Fsp3) is 0.500. The van der Waals surface area contributed by atoms with E-state index in [1.54, 1.807) is 62.1 Å². The second-order valence-corrected chi connectivity index (χ2v) is 10.5. The predicted octanol–water partition coefficient (Wildman–Crippen LogP) is 5.30. The SMILES string of the molecule is C1CCC(C2CCCCC2)CC1.N#CN.O=C(CNC(=O)OCc1ccccc1)N[C@@H](Cc1ccccc1)C(=O)O. The molecule has 0 aromatic heterocycles. The van der Waals surface area contributed by atoms with Crippen molar-refractivity contribution in [3.05, 3.63) is 71.8 Å². The first kappa shape index (κ1) is 33.1. The lowest BCUT2D eigenvalue weighted by atomic mass is 9.73. The van der Waals surface area contributed by atoms with Crippen molar-refractivity contribution in [1.82, 2.24) is 10.6 Å². The molecular formula is C32H44N4O5. The highest BCUT2D eigenvalue weighted by atomic mass is 16.5. The van der Waals surface area contributed by atoms with Gasteiger partial charge in [0.25, 0.3) is 0 Å². The van der Waals surface area contributed by atoms with Crippen LogP contribution in [0.15, 0.2) is 60.7 Å². The average molecular weight is 565 g/mol. The van der Waals surface area contributed by atoms with Crippen LogP contribution in [0.4, 0.5) is 4.79 Å². The Morgan fingerprint density at radius 3 is 1.78 bits per heavy atom. The highest BCUT2D eigenvalue weighted by Gasteiger charge is 2.24. The maximum atomic E-state index is 11.9. The largest absolute Gasteiger partial charge is 0.480 e. The van der Waals surface area contributed by atoms with Gasteiger partial charge in [0.2, 0.25) is 5.91 Å². The summed E-state index contributed by atoms with van der Waals surface area (Å²) in [5.74, 6) is 0.525. The topological polar surface area (TPSA) is 155 Å². The molecule has 2 amide bonds. The van der Waals surface area contributed by atoms with E-state index in [-0.39, 0.29) is 19.6 Å². The Kier molecular flexibility index (Phi) is 16.1. The lowest BCUT2D eigenvalue weighted by molar-refractivity contribution is -0.141. The third kappa shape index (κ3) is 14.2. The van der Waals surface area contributed by atoms with Crippen molar-refractivity contribution < 1.29 is 24.2 Å². The molecule has 2 aromatic carbocycles. The fourth-order valence-corrected chi connectivity index (χ4v) is 5.43. The van der Waals surface area contributed by atoms with Gasteiger partial charge in [0, 0.05) is 6.42 Å². The van der Waals surface area contributed by atoms with Gasteiger partial charge >= 0.3 is 12.1 Å². The van der Waals surface area contributed by atoms with Crippen molar-refractivity contribution in [2.45, 2.75) is 83.3 Å². The number of rotatable bonds is 9. The zero-order valence-corrected chi connectivity index (χ0v) is 23.8. The van der Waals surface area contributed by atoms with Gasteiger partial charge in [0.05, 0.1) is 0 Å². The van der Waals surface area contributed by atoms with E-state index in [0.717, 1.165) is 23.0 Å². The number of nitrogens with one attached hydrogen (secondary N) is 2. The van der Waals surface area contributed by atoms with Crippen LogP contribution in [0.3, 0.4) is 0 Å². The summed E-state index contributed by atoms with van der Waals surface area (Å²) in [5, 5.41) is 21.0. The van der Waals surface area contributed by atoms with E-state index in [0.29, 0.717) is 0 Å². The van der Waals surface area contributed by atoms with Gasteiger partial charge in [-0.15, -0.1) is 0 Å². The maximum Gasteiger partial charge on any atom is 0.407 e. The zero-order valence-electron chi connectivity index (χ0n) is 23.8. The molecule has 2 aromatic rings. The number of nitrogens with two attached hydrogens (primary N) is 1. The third-order valence-corrected chi connectivity index (χ3v) is 7.49. The zero-order chi connectivity index (χ0) is 29.7. The summed E-state index contributed by atoms with van der Waals surface area (Å²) in [6.07, 6.45) is 16.0. The maximum absolute atomic E-state index is 11.9. The van der Waals surface area contributed by atoms with Crippen LogP contribution in [-0.2, 0) is 27.4 Å². The molecule has 9 nitrogen and oxygen atoms in total. The van der Waals surface area contributed by atoms with Crippen LogP contribution >= 0.6 is 0 Å². The average Bonchev–Trinajstić information content (AvgIpc) is 3.01. The monoisotopic (exact) mass is 564 g/mol. The number of nitriles is 1. The first-order chi connectivity index (χ1) is 19.9. The molecule has 0 spiro atoms. The number of aliphatic carboxylic acids is 1. The number of benzene rings is 2. The molecule has 2 aliphatic rings. The van der Waals surface area contributed by atoms with Crippen LogP contribution in [-0.4, -0.2) is 35.7 Å². The highest BCUT2D eigenvalue weighted by molar-refractivity contribution is 5.86. The number of carbonyl (C=O) groups is 3. The number of hydrogen-bond donors (Lipinski definition) is 4. The molecule has 0 heterocycles. The summed E-state index contributed by atoms with van der Waals surface area (Å²) in [6, 6.07) is 17.0. The quantitative estimate of drug-likeness (QED) is 0.238. The standard InChI is InChI=1S/C19H20N2O5.C12H22.CH2N2/c22-17(12-20-19(25)26-13-15-9-5-2-6-10-15)21-16(18(23)24)11-14-7-3-1-4-8-14;1-3-7-11(8-4-1)12-9-5-2-6-10-12;2-1-3/h1-10,16H,11-13H2,(H,20,25)(H,21,22)(H,23,24);11-12H,1-10H2;2H2/t16-;;/m0../s1. The Hall–Kier alpha value is -4.06. The third-order valence-electron chi connectivity index (χ3n) is 7.49. The summed E-state index contributed by atoms with van der Waals surface area (Å²) in [7, 11) is 0. The molecule has 0 saturated heterocycles. The number of alkyl carbamates (subject to hydrolysis) is 1. The van der Waals surface area contributed by atoms with Crippen molar-refractivity contribution in [3.8, 4) is 6.19 Å². The van der Waals surface area contributed by atoms with Crippen LogP contribution in [0, 0.1) is 23.3 Å². The Bertz CT molecular complexity index is 1050. The summed E-state index contributed by atoms with van der Waals surface area (Å²) >= 11 is 0. The van der Waals surface area contributed by atoms with E-state index in [1.807, 2.05) is 24.3 Å². The van der Waals surface area contributed by atoms with Crippen LogP contribution in [0.2, 0.25) is 0 Å². The number of carbonyl (C=O) groups excluding carboxylic acids is 2. The first-order valence-electron chi connectivity index (χ1n) is 14.5. The Balaban J connectivity index is 0.000000322. The molecule has 4 rings (SSSR count). The molecule has 0 aliphatic heterocycles. The molecule has 0 bridgehead atoms. The van der Waals surface area contributed by atoms with Crippen LogP contribution < -0.4 is 16.4 Å². The normalized spacial score (nSPS) is 15.8.